The SMILES string of the molecule is CCC(N)Nc1ccc2ccccc2c1. The lowest BCUT2D eigenvalue weighted by Gasteiger charge is -2.13. The fourth-order valence-corrected chi connectivity index (χ4v) is 1.60. The van der Waals surface area contributed by atoms with Crippen molar-refractivity contribution in [3.63, 3.8) is 0 Å². The molecule has 0 aromatic heterocycles. The van der Waals surface area contributed by atoms with Gasteiger partial charge in [0.15, 0.2) is 0 Å². The maximum atomic E-state index is 5.84. The maximum Gasteiger partial charge on any atom is 0.0740 e. The minimum atomic E-state index is 0.0335. The van der Waals surface area contributed by atoms with Gasteiger partial charge >= 0.3 is 0 Å². The molecule has 0 saturated heterocycles. The van der Waals surface area contributed by atoms with E-state index in [2.05, 4.69) is 42.6 Å². The molecule has 0 heterocycles. The largest absolute Gasteiger partial charge is 0.370 e. The second-order valence-electron chi connectivity index (χ2n) is 3.72. The predicted molar refractivity (Wildman–Crippen MR) is 65.8 cm³/mol. The van der Waals surface area contributed by atoms with E-state index in [0.717, 1.165) is 12.1 Å². The van der Waals surface area contributed by atoms with Gasteiger partial charge in [0, 0.05) is 5.69 Å². The van der Waals surface area contributed by atoms with E-state index in [4.69, 9.17) is 5.73 Å². The highest BCUT2D eigenvalue weighted by Gasteiger charge is 1.99. The molecule has 3 N–H and O–H groups in total. The van der Waals surface area contributed by atoms with Gasteiger partial charge in [0.1, 0.15) is 0 Å². The Hall–Kier alpha value is -1.54. The van der Waals surface area contributed by atoms with Crippen LogP contribution in [0.1, 0.15) is 13.3 Å². The molecule has 0 spiro atoms. The first-order valence-electron chi connectivity index (χ1n) is 5.30. The van der Waals surface area contributed by atoms with Crippen LogP contribution in [0.4, 0.5) is 5.69 Å². The third kappa shape index (κ3) is 2.28. The minimum Gasteiger partial charge on any atom is -0.370 e. The van der Waals surface area contributed by atoms with Crippen LogP contribution in [0.25, 0.3) is 10.8 Å². The number of fused-ring (bicyclic) bond motifs is 1. The van der Waals surface area contributed by atoms with Gasteiger partial charge in [-0.25, -0.2) is 0 Å². The molecule has 0 bridgehead atoms. The van der Waals surface area contributed by atoms with Gasteiger partial charge in [0.25, 0.3) is 0 Å². The number of hydrogen-bond donors (Lipinski definition) is 2. The number of rotatable bonds is 3. The van der Waals surface area contributed by atoms with Crippen molar-refractivity contribution in [3.05, 3.63) is 42.5 Å². The fourth-order valence-electron chi connectivity index (χ4n) is 1.60. The van der Waals surface area contributed by atoms with Crippen LogP contribution < -0.4 is 11.1 Å². The Labute approximate surface area is 90.1 Å². The zero-order valence-corrected chi connectivity index (χ0v) is 8.90. The van der Waals surface area contributed by atoms with E-state index in [1.807, 2.05) is 12.1 Å². The zero-order chi connectivity index (χ0) is 10.7. The fraction of sp³-hybridized carbons (Fsp3) is 0.231. The van der Waals surface area contributed by atoms with Crippen molar-refractivity contribution in [1.29, 1.82) is 0 Å². The molecule has 0 aliphatic heterocycles. The number of benzene rings is 2. The summed E-state index contributed by atoms with van der Waals surface area (Å²) in [4.78, 5) is 0. The van der Waals surface area contributed by atoms with E-state index in [-0.39, 0.29) is 6.17 Å². The maximum absolute atomic E-state index is 5.84. The van der Waals surface area contributed by atoms with Gasteiger partial charge in [-0.2, -0.15) is 0 Å². The third-order valence-corrected chi connectivity index (χ3v) is 2.54. The summed E-state index contributed by atoms with van der Waals surface area (Å²) < 4.78 is 0. The minimum absolute atomic E-state index is 0.0335. The van der Waals surface area contributed by atoms with Crippen molar-refractivity contribution in [2.45, 2.75) is 19.5 Å². The first-order valence-corrected chi connectivity index (χ1v) is 5.30. The van der Waals surface area contributed by atoms with E-state index in [0.29, 0.717) is 0 Å². The summed E-state index contributed by atoms with van der Waals surface area (Å²) in [6.45, 7) is 2.07. The molecule has 0 aliphatic rings. The summed E-state index contributed by atoms with van der Waals surface area (Å²) in [6, 6.07) is 14.6. The molecular weight excluding hydrogens is 184 g/mol. The Morgan fingerprint density at radius 3 is 2.60 bits per heavy atom. The van der Waals surface area contributed by atoms with Crippen LogP contribution in [0.5, 0.6) is 0 Å². The number of nitrogens with two attached hydrogens (primary N) is 1. The molecule has 2 aromatic rings. The van der Waals surface area contributed by atoms with Crippen molar-refractivity contribution < 1.29 is 0 Å². The molecule has 78 valence electrons. The Kier molecular flexibility index (Phi) is 2.88. The zero-order valence-electron chi connectivity index (χ0n) is 8.90. The second kappa shape index (κ2) is 4.32. The molecule has 2 nitrogen and oxygen atoms in total. The van der Waals surface area contributed by atoms with Crippen LogP contribution in [-0.4, -0.2) is 6.17 Å². The summed E-state index contributed by atoms with van der Waals surface area (Å²) in [5.74, 6) is 0. The first kappa shape index (κ1) is 9.99. The first-order chi connectivity index (χ1) is 7.29. The van der Waals surface area contributed by atoms with Crippen LogP contribution in [0, 0.1) is 0 Å². The Balaban J connectivity index is 2.30. The number of hydrogen-bond acceptors (Lipinski definition) is 2. The quantitative estimate of drug-likeness (QED) is 0.747. The number of anilines is 1. The van der Waals surface area contributed by atoms with Gasteiger partial charge in [-0.1, -0.05) is 37.3 Å². The van der Waals surface area contributed by atoms with Crippen molar-refractivity contribution in [1.82, 2.24) is 0 Å². The molecule has 1 unspecified atom stereocenters. The van der Waals surface area contributed by atoms with Gasteiger partial charge in [0.2, 0.25) is 0 Å². The van der Waals surface area contributed by atoms with Crippen molar-refractivity contribution >= 4 is 16.5 Å². The van der Waals surface area contributed by atoms with E-state index >= 15 is 0 Å². The third-order valence-electron chi connectivity index (χ3n) is 2.54. The summed E-state index contributed by atoms with van der Waals surface area (Å²) in [6.07, 6.45) is 0.957. The highest BCUT2D eigenvalue weighted by molar-refractivity contribution is 5.85. The monoisotopic (exact) mass is 200 g/mol. The van der Waals surface area contributed by atoms with E-state index in [1.165, 1.54) is 10.8 Å². The van der Waals surface area contributed by atoms with Crippen molar-refractivity contribution in [3.8, 4) is 0 Å². The lowest BCUT2D eigenvalue weighted by atomic mass is 10.1. The molecule has 2 aromatic carbocycles. The summed E-state index contributed by atoms with van der Waals surface area (Å²) >= 11 is 0. The second-order valence-corrected chi connectivity index (χ2v) is 3.72. The molecule has 2 heteroatoms. The number of nitrogens with one attached hydrogen (secondary N) is 1. The van der Waals surface area contributed by atoms with Crippen molar-refractivity contribution in [2.24, 2.45) is 5.73 Å². The lowest BCUT2D eigenvalue weighted by molar-refractivity contribution is 0.730. The summed E-state index contributed by atoms with van der Waals surface area (Å²) in [7, 11) is 0. The molecule has 0 radical (unpaired) electrons. The van der Waals surface area contributed by atoms with Gasteiger partial charge in [-0.05, 0) is 29.3 Å². The Morgan fingerprint density at radius 2 is 1.87 bits per heavy atom. The topological polar surface area (TPSA) is 38.0 Å². The normalized spacial score (nSPS) is 12.7. The molecular formula is C13H16N2. The highest BCUT2D eigenvalue weighted by Crippen LogP contribution is 2.19. The van der Waals surface area contributed by atoms with Crippen LogP contribution >= 0.6 is 0 Å². The molecule has 1 atom stereocenters. The molecule has 15 heavy (non-hydrogen) atoms. The lowest BCUT2D eigenvalue weighted by Crippen LogP contribution is -2.28. The predicted octanol–water partition coefficient (Wildman–Crippen LogP) is 2.95. The standard InChI is InChI=1S/C13H16N2/c1-2-13(14)15-12-8-7-10-5-3-4-6-11(10)9-12/h3-9,13,15H,2,14H2,1H3. The van der Waals surface area contributed by atoms with Crippen LogP contribution in [0.15, 0.2) is 42.5 Å². The highest BCUT2D eigenvalue weighted by atomic mass is 15.0. The van der Waals surface area contributed by atoms with Crippen molar-refractivity contribution in [2.75, 3.05) is 5.32 Å². The molecule has 0 aliphatic carbocycles. The molecule has 0 amide bonds. The van der Waals surface area contributed by atoms with Crippen LogP contribution in [0.2, 0.25) is 0 Å². The Bertz CT molecular complexity index is 451. The van der Waals surface area contributed by atoms with E-state index in [9.17, 15) is 0 Å². The smallest absolute Gasteiger partial charge is 0.0740 e. The molecule has 0 fully saturated rings. The van der Waals surface area contributed by atoms with Crippen LogP contribution in [0.3, 0.4) is 0 Å². The van der Waals surface area contributed by atoms with Gasteiger partial charge < -0.3 is 11.1 Å². The van der Waals surface area contributed by atoms with E-state index < -0.39 is 0 Å². The van der Waals surface area contributed by atoms with Gasteiger partial charge in [-0.3, -0.25) is 0 Å². The van der Waals surface area contributed by atoms with Gasteiger partial charge in [0.05, 0.1) is 6.17 Å². The summed E-state index contributed by atoms with van der Waals surface area (Å²) in [5, 5.41) is 5.76. The molecule has 2 rings (SSSR count). The van der Waals surface area contributed by atoms with E-state index in [1.54, 1.807) is 0 Å². The average molecular weight is 200 g/mol. The molecule has 0 saturated carbocycles. The van der Waals surface area contributed by atoms with Gasteiger partial charge in [-0.15, -0.1) is 0 Å². The Morgan fingerprint density at radius 1 is 1.13 bits per heavy atom. The average Bonchev–Trinajstić information content (AvgIpc) is 2.29. The van der Waals surface area contributed by atoms with Crippen LogP contribution in [-0.2, 0) is 0 Å². The summed E-state index contributed by atoms with van der Waals surface area (Å²) in [5.41, 5.74) is 6.92.